The summed E-state index contributed by atoms with van der Waals surface area (Å²) in [5, 5.41) is 0. The van der Waals surface area contributed by atoms with Crippen molar-refractivity contribution in [2.45, 2.75) is 56.6 Å². The molecule has 3 heterocycles. The first kappa shape index (κ1) is 16.9. The molecule has 3 aliphatic heterocycles. The van der Waals surface area contributed by atoms with E-state index in [0.717, 1.165) is 50.2 Å². The number of hydrogen-bond acceptors (Lipinski definition) is 5. The Morgan fingerprint density at radius 1 is 1.16 bits per heavy atom. The molecule has 0 spiro atoms. The fourth-order valence-corrected chi connectivity index (χ4v) is 4.43. The second-order valence-electron chi connectivity index (χ2n) is 7.39. The first-order valence-corrected chi connectivity index (χ1v) is 9.52. The van der Waals surface area contributed by atoms with E-state index < -0.39 is 0 Å². The van der Waals surface area contributed by atoms with Gasteiger partial charge < -0.3 is 19.0 Å². The van der Waals surface area contributed by atoms with Gasteiger partial charge in [0.25, 0.3) is 0 Å². The van der Waals surface area contributed by atoms with Gasteiger partial charge in [-0.3, -0.25) is 4.90 Å². The minimum Gasteiger partial charge on any atom is -0.454 e. The number of carbonyl (C=O) groups excluding carboxylic acids is 1. The van der Waals surface area contributed by atoms with Gasteiger partial charge in [0.1, 0.15) is 6.29 Å². The molecule has 0 radical (unpaired) electrons. The van der Waals surface area contributed by atoms with Crippen LogP contribution in [0.2, 0.25) is 0 Å². The highest BCUT2D eigenvalue weighted by Gasteiger charge is 2.33. The Bertz CT molecular complexity index is 599. The van der Waals surface area contributed by atoms with Crippen molar-refractivity contribution in [2.24, 2.45) is 0 Å². The highest BCUT2D eigenvalue weighted by atomic mass is 16.7. The molecule has 136 valence electrons. The molecule has 2 saturated heterocycles. The predicted octanol–water partition coefficient (Wildman–Crippen LogP) is 3.12. The Morgan fingerprint density at radius 2 is 2.08 bits per heavy atom. The number of aldehydes is 1. The molecule has 5 nitrogen and oxygen atoms in total. The summed E-state index contributed by atoms with van der Waals surface area (Å²) in [5.74, 6) is 2.13. The summed E-state index contributed by atoms with van der Waals surface area (Å²) in [6, 6.07) is 6.72. The molecule has 1 aromatic carbocycles. The molecular weight excluding hydrogens is 318 g/mol. The lowest BCUT2D eigenvalue weighted by molar-refractivity contribution is -0.109. The average molecular weight is 345 g/mol. The van der Waals surface area contributed by atoms with Crippen LogP contribution in [0.15, 0.2) is 18.2 Å². The summed E-state index contributed by atoms with van der Waals surface area (Å²) in [5.41, 5.74) is 1.29. The number of likely N-dealkylation sites (tertiary alicyclic amines) is 1. The largest absolute Gasteiger partial charge is 0.454 e. The van der Waals surface area contributed by atoms with E-state index >= 15 is 0 Å². The van der Waals surface area contributed by atoms with Gasteiger partial charge in [-0.15, -0.1) is 0 Å². The van der Waals surface area contributed by atoms with Crippen molar-refractivity contribution in [1.82, 2.24) is 4.90 Å². The monoisotopic (exact) mass is 345 g/mol. The molecule has 1 aromatic rings. The molecular formula is C20H27NO4. The zero-order valence-electron chi connectivity index (χ0n) is 14.7. The van der Waals surface area contributed by atoms with Crippen molar-refractivity contribution >= 4 is 6.29 Å². The number of carbonyl (C=O) groups is 1. The van der Waals surface area contributed by atoms with Gasteiger partial charge in [0.2, 0.25) is 6.79 Å². The summed E-state index contributed by atoms with van der Waals surface area (Å²) in [7, 11) is 0. The van der Waals surface area contributed by atoms with Crippen molar-refractivity contribution in [3.05, 3.63) is 23.8 Å². The maximum Gasteiger partial charge on any atom is 0.231 e. The normalized spacial score (nSPS) is 29.0. The minimum absolute atomic E-state index is 0.310. The Kier molecular flexibility index (Phi) is 5.22. The zero-order valence-corrected chi connectivity index (χ0v) is 14.7. The molecule has 0 aromatic heterocycles. The zero-order chi connectivity index (χ0) is 17.1. The van der Waals surface area contributed by atoms with Crippen LogP contribution in [-0.2, 0) is 9.53 Å². The molecule has 0 amide bonds. The van der Waals surface area contributed by atoms with E-state index in [2.05, 4.69) is 17.0 Å². The Morgan fingerprint density at radius 3 is 2.92 bits per heavy atom. The van der Waals surface area contributed by atoms with Gasteiger partial charge in [0.05, 0.1) is 12.6 Å². The van der Waals surface area contributed by atoms with Crippen LogP contribution in [0.1, 0.15) is 50.0 Å². The fraction of sp³-hybridized carbons (Fsp3) is 0.650. The van der Waals surface area contributed by atoms with Gasteiger partial charge in [-0.1, -0.05) is 6.07 Å². The summed E-state index contributed by atoms with van der Waals surface area (Å²) < 4.78 is 16.8. The molecule has 2 fully saturated rings. The van der Waals surface area contributed by atoms with E-state index in [0.29, 0.717) is 31.4 Å². The summed E-state index contributed by atoms with van der Waals surface area (Å²) in [4.78, 5) is 13.4. The van der Waals surface area contributed by atoms with Crippen LogP contribution in [0.25, 0.3) is 0 Å². The van der Waals surface area contributed by atoms with Crippen molar-refractivity contribution < 1.29 is 19.0 Å². The highest BCUT2D eigenvalue weighted by molar-refractivity contribution is 5.52. The molecule has 2 unspecified atom stereocenters. The maximum atomic E-state index is 11.1. The molecule has 0 aliphatic carbocycles. The first-order valence-electron chi connectivity index (χ1n) is 9.52. The van der Waals surface area contributed by atoms with Crippen LogP contribution in [0.4, 0.5) is 0 Å². The van der Waals surface area contributed by atoms with Crippen molar-refractivity contribution in [3.8, 4) is 11.5 Å². The molecule has 3 aliphatic rings. The van der Waals surface area contributed by atoms with E-state index in [9.17, 15) is 4.79 Å². The van der Waals surface area contributed by atoms with Crippen molar-refractivity contribution in [3.63, 3.8) is 0 Å². The van der Waals surface area contributed by atoms with E-state index in [4.69, 9.17) is 14.2 Å². The van der Waals surface area contributed by atoms with Gasteiger partial charge >= 0.3 is 0 Å². The molecule has 0 saturated carbocycles. The van der Waals surface area contributed by atoms with E-state index in [-0.39, 0.29) is 0 Å². The van der Waals surface area contributed by atoms with Gasteiger partial charge in [-0.2, -0.15) is 0 Å². The summed E-state index contributed by atoms with van der Waals surface area (Å²) >= 11 is 0. The standard InChI is InChI=1S/C20H27NO4/c22-9-8-21-13-16(15-4-7-19-20(12-15)25-14-24-19)11-17(21)5-6-18-3-1-2-10-23-18/h4,7,9,12,16-18H,1-3,5-6,8,10-11,13-14H2/t16?,17-,18?/m0/s1. The topological polar surface area (TPSA) is 48.0 Å². The van der Waals surface area contributed by atoms with Gasteiger partial charge in [0.15, 0.2) is 11.5 Å². The predicted molar refractivity (Wildman–Crippen MR) is 94.2 cm³/mol. The third-order valence-corrected chi connectivity index (χ3v) is 5.80. The Labute approximate surface area is 149 Å². The number of ether oxygens (including phenoxy) is 3. The van der Waals surface area contributed by atoms with E-state index in [1.807, 2.05) is 6.07 Å². The molecule has 0 N–H and O–H groups in total. The summed E-state index contributed by atoms with van der Waals surface area (Å²) in [6.45, 7) is 2.68. The number of nitrogens with zero attached hydrogens (tertiary/aromatic N) is 1. The smallest absolute Gasteiger partial charge is 0.231 e. The lowest BCUT2D eigenvalue weighted by atomic mass is 9.93. The third kappa shape index (κ3) is 3.82. The molecule has 5 heteroatoms. The quantitative estimate of drug-likeness (QED) is 0.742. The van der Waals surface area contributed by atoms with Crippen LogP contribution >= 0.6 is 0 Å². The first-order chi connectivity index (χ1) is 12.3. The fourth-order valence-electron chi connectivity index (χ4n) is 4.43. The average Bonchev–Trinajstić information content (AvgIpc) is 3.27. The molecule has 25 heavy (non-hydrogen) atoms. The van der Waals surface area contributed by atoms with Crippen molar-refractivity contribution in [1.29, 1.82) is 0 Å². The molecule has 0 bridgehead atoms. The van der Waals surface area contributed by atoms with Crippen molar-refractivity contribution in [2.75, 3.05) is 26.5 Å². The van der Waals surface area contributed by atoms with Crippen LogP contribution in [0.5, 0.6) is 11.5 Å². The van der Waals surface area contributed by atoms with Crippen LogP contribution in [-0.4, -0.2) is 49.8 Å². The second-order valence-corrected chi connectivity index (χ2v) is 7.39. The lowest BCUT2D eigenvalue weighted by Gasteiger charge is -2.26. The van der Waals surface area contributed by atoms with E-state index in [1.165, 1.54) is 24.8 Å². The molecule has 3 atom stereocenters. The van der Waals surface area contributed by atoms with Crippen LogP contribution < -0.4 is 9.47 Å². The van der Waals surface area contributed by atoms with Gasteiger partial charge in [-0.25, -0.2) is 0 Å². The SMILES string of the molecule is O=CCN1CC(c2ccc3c(c2)OCO3)C[C@@H]1CCC1CCCCO1. The Balaban J connectivity index is 1.40. The van der Waals surface area contributed by atoms with E-state index in [1.54, 1.807) is 0 Å². The molecule has 4 rings (SSSR count). The highest BCUT2D eigenvalue weighted by Crippen LogP contribution is 2.39. The maximum absolute atomic E-state index is 11.1. The lowest BCUT2D eigenvalue weighted by Crippen LogP contribution is -2.32. The van der Waals surface area contributed by atoms with Gasteiger partial charge in [0, 0.05) is 19.2 Å². The minimum atomic E-state index is 0.310. The Hall–Kier alpha value is -1.59. The number of rotatable bonds is 6. The van der Waals surface area contributed by atoms with Crippen LogP contribution in [0, 0.1) is 0 Å². The number of benzene rings is 1. The van der Waals surface area contributed by atoms with Crippen LogP contribution in [0.3, 0.4) is 0 Å². The number of fused-ring (bicyclic) bond motifs is 1. The third-order valence-electron chi connectivity index (χ3n) is 5.80. The number of hydrogen-bond donors (Lipinski definition) is 0. The summed E-state index contributed by atoms with van der Waals surface area (Å²) in [6.07, 6.45) is 8.43. The van der Waals surface area contributed by atoms with Gasteiger partial charge in [-0.05, 0) is 62.1 Å². The second kappa shape index (κ2) is 7.75.